The molecule has 1 spiro atoms. The van der Waals surface area contributed by atoms with Crippen molar-refractivity contribution in [1.82, 2.24) is 15.2 Å². The highest BCUT2D eigenvalue weighted by molar-refractivity contribution is 6.20. The van der Waals surface area contributed by atoms with E-state index in [0.29, 0.717) is 18.5 Å². The van der Waals surface area contributed by atoms with Crippen molar-refractivity contribution in [1.29, 1.82) is 0 Å². The summed E-state index contributed by atoms with van der Waals surface area (Å²) in [5.41, 5.74) is -0.367. The van der Waals surface area contributed by atoms with Crippen LogP contribution >= 0.6 is 0 Å². The molecule has 0 aromatic carbocycles. The molecule has 1 aliphatic heterocycles. The minimum Gasteiger partial charge on any atom is -0.277 e. The minimum atomic E-state index is -0.983. The zero-order valence-electron chi connectivity index (χ0n) is 9.55. The first-order valence-electron chi connectivity index (χ1n) is 5.71. The van der Waals surface area contributed by atoms with Gasteiger partial charge in [-0.1, -0.05) is 6.07 Å². The Hall–Kier alpha value is -2.24. The van der Waals surface area contributed by atoms with Crippen LogP contribution in [0.15, 0.2) is 24.4 Å². The molecule has 1 saturated heterocycles. The molecule has 1 aromatic rings. The SMILES string of the molecule is O=C1NC(=O)C2(CC2)C(=O)N1Cc1ccccn1. The van der Waals surface area contributed by atoms with E-state index in [0.717, 1.165) is 4.90 Å². The maximum absolute atomic E-state index is 12.2. The number of nitrogens with one attached hydrogen (secondary N) is 1. The Morgan fingerprint density at radius 1 is 1.28 bits per heavy atom. The molecule has 6 nitrogen and oxygen atoms in total. The third-order valence-corrected chi connectivity index (χ3v) is 3.35. The summed E-state index contributed by atoms with van der Waals surface area (Å²) in [5, 5.41) is 2.23. The Kier molecular flexibility index (Phi) is 2.19. The molecule has 18 heavy (non-hydrogen) atoms. The summed E-state index contributed by atoms with van der Waals surface area (Å²) >= 11 is 0. The van der Waals surface area contributed by atoms with Gasteiger partial charge >= 0.3 is 6.03 Å². The van der Waals surface area contributed by atoms with Crippen molar-refractivity contribution < 1.29 is 14.4 Å². The van der Waals surface area contributed by atoms with Crippen LogP contribution < -0.4 is 5.32 Å². The highest BCUT2D eigenvalue weighted by Crippen LogP contribution is 2.49. The maximum Gasteiger partial charge on any atom is 0.331 e. The normalized spacial score (nSPS) is 21.1. The van der Waals surface area contributed by atoms with Crippen molar-refractivity contribution in [3.8, 4) is 0 Å². The van der Waals surface area contributed by atoms with Gasteiger partial charge in [0.1, 0.15) is 5.41 Å². The van der Waals surface area contributed by atoms with Crippen molar-refractivity contribution in [2.24, 2.45) is 5.41 Å². The average Bonchev–Trinajstić information content (AvgIpc) is 3.16. The van der Waals surface area contributed by atoms with E-state index in [4.69, 9.17) is 0 Å². The van der Waals surface area contributed by atoms with Crippen LogP contribution in [0.25, 0.3) is 0 Å². The van der Waals surface area contributed by atoms with Crippen molar-refractivity contribution >= 4 is 17.8 Å². The van der Waals surface area contributed by atoms with Gasteiger partial charge in [0, 0.05) is 6.20 Å². The molecule has 4 amide bonds. The molecular formula is C12H11N3O3. The molecule has 6 heteroatoms. The fourth-order valence-corrected chi connectivity index (χ4v) is 2.10. The first kappa shape index (κ1) is 10.9. The number of urea groups is 1. The standard InChI is InChI=1S/C12H11N3O3/c16-9-12(4-5-12)10(17)15(11(18)14-9)7-8-3-1-2-6-13-8/h1-3,6H,4-5,7H2,(H,14,16,18). The molecule has 92 valence electrons. The number of aromatic nitrogens is 1. The molecule has 1 saturated carbocycles. The topological polar surface area (TPSA) is 79.4 Å². The van der Waals surface area contributed by atoms with Crippen LogP contribution in [0.1, 0.15) is 18.5 Å². The smallest absolute Gasteiger partial charge is 0.277 e. The van der Waals surface area contributed by atoms with Crippen LogP contribution in [0, 0.1) is 5.41 Å². The molecule has 2 fully saturated rings. The van der Waals surface area contributed by atoms with Crippen molar-refractivity contribution in [3.63, 3.8) is 0 Å². The second-order valence-corrected chi connectivity index (χ2v) is 4.55. The molecule has 1 aliphatic carbocycles. The quantitative estimate of drug-likeness (QED) is 0.767. The number of carbonyl (C=O) groups is 3. The Labute approximate surface area is 103 Å². The zero-order valence-corrected chi connectivity index (χ0v) is 9.55. The maximum atomic E-state index is 12.2. The van der Waals surface area contributed by atoms with Gasteiger partial charge in [-0.2, -0.15) is 0 Å². The lowest BCUT2D eigenvalue weighted by atomic mass is 10.0. The van der Waals surface area contributed by atoms with Gasteiger partial charge < -0.3 is 0 Å². The highest BCUT2D eigenvalue weighted by atomic mass is 16.2. The molecule has 3 rings (SSSR count). The van der Waals surface area contributed by atoms with E-state index < -0.39 is 23.3 Å². The summed E-state index contributed by atoms with van der Waals surface area (Å²) < 4.78 is 0. The average molecular weight is 245 g/mol. The number of rotatable bonds is 2. The molecule has 1 N–H and O–H groups in total. The minimum absolute atomic E-state index is 0.0978. The Bertz CT molecular complexity index is 537. The fourth-order valence-electron chi connectivity index (χ4n) is 2.10. The highest BCUT2D eigenvalue weighted by Gasteiger charge is 2.62. The molecule has 1 aromatic heterocycles. The molecule has 0 unspecified atom stereocenters. The predicted molar refractivity (Wildman–Crippen MR) is 60.0 cm³/mol. The summed E-state index contributed by atoms with van der Waals surface area (Å²) in [5.74, 6) is -0.864. The zero-order chi connectivity index (χ0) is 12.8. The van der Waals surface area contributed by atoms with E-state index in [1.807, 2.05) is 0 Å². The van der Waals surface area contributed by atoms with Gasteiger partial charge in [0.25, 0.3) is 0 Å². The number of hydrogen-bond donors (Lipinski definition) is 1. The van der Waals surface area contributed by atoms with Gasteiger partial charge in [-0.25, -0.2) is 4.79 Å². The van der Waals surface area contributed by atoms with E-state index in [1.54, 1.807) is 24.4 Å². The number of barbiturate groups is 1. The van der Waals surface area contributed by atoms with E-state index in [2.05, 4.69) is 10.3 Å². The molecule has 0 bridgehead atoms. The Morgan fingerprint density at radius 2 is 2.06 bits per heavy atom. The summed E-state index contributed by atoms with van der Waals surface area (Å²) in [6.07, 6.45) is 2.63. The van der Waals surface area contributed by atoms with E-state index in [-0.39, 0.29) is 6.54 Å². The summed E-state index contributed by atoms with van der Waals surface area (Å²) in [6.45, 7) is 0.0978. The predicted octanol–water partition coefficient (Wildman–Crippen LogP) is 0.440. The summed E-state index contributed by atoms with van der Waals surface area (Å²) in [7, 11) is 0. The van der Waals surface area contributed by atoms with Crippen molar-refractivity contribution in [3.05, 3.63) is 30.1 Å². The number of hydrogen-bond acceptors (Lipinski definition) is 4. The van der Waals surface area contributed by atoms with Gasteiger partial charge in [0.2, 0.25) is 11.8 Å². The monoisotopic (exact) mass is 245 g/mol. The third kappa shape index (κ3) is 1.49. The fraction of sp³-hybridized carbons (Fsp3) is 0.333. The van der Waals surface area contributed by atoms with E-state index in [1.165, 1.54) is 0 Å². The lowest BCUT2D eigenvalue weighted by Gasteiger charge is -2.29. The molecular weight excluding hydrogens is 234 g/mol. The largest absolute Gasteiger partial charge is 0.331 e. The van der Waals surface area contributed by atoms with Gasteiger partial charge in [0.15, 0.2) is 0 Å². The van der Waals surface area contributed by atoms with Crippen LogP contribution in [0.5, 0.6) is 0 Å². The van der Waals surface area contributed by atoms with Gasteiger partial charge in [-0.3, -0.25) is 24.8 Å². The first-order valence-corrected chi connectivity index (χ1v) is 5.71. The number of pyridine rings is 1. The molecule has 0 radical (unpaired) electrons. The molecule has 2 aliphatic rings. The van der Waals surface area contributed by atoms with Gasteiger partial charge in [-0.05, 0) is 25.0 Å². The van der Waals surface area contributed by atoms with Crippen LogP contribution in [0.2, 0.25) is 0 Å². The first-order chi connectivity index (χ1) is 8.63. The van der Waals surface area contributed by atoms with Gasteiger partial charge in [-0.15, -0.1) is 0 Å². The lowest BCUT2D eigenvalue weighted by Crippen LogP contribution is -2.58. The third-order valence-electron chi connectivity index (χ3n) is 3.35. The number of amides is 4. The van der Waals surface area contributed by atoms with Crippen molar-refractivity contribution in [2.45, 2.75) is 19.4 Å². The summed E-state index contributed by atoms with van der Waals surface area (Å²) in [4.78, 5) is 40.6. The molecule has 2 heterocycles. The summed E-state index contributed by atoms with van der Waals surface area (Å²) in [6, 6.07) is 4.62. The van der Waals surface area contributed by atoms with Gasteiger partial charge in [0.05, 0.1) is 12.2 Å². The number of carbonyl (C=O) groups excluding carboxylic acids is 3. The van der Waals surface area contributed by atoms with Crippen LogP contribution in [-0.2, 0) is 16.1 Å². The Balaban J connectivity index is 1.85. The van der Waals surface area contributed by atoms with Crippen molar-refractivity contribution in [2.75, 3.05) is 0 Å². The van der Waals surface area contributed by atoms with Crippen LogP contribution in [-0.4, -0.2) is 27.7 Å². The second kappa shape index (κ2) is 3.63. The van der Waals surface area contributed by atoms with Crippen LogP contribution in [0.3, 0.4) is 0 Å². The molecule has 0 atom stereocenters. The number of nitrogens with zero attached hydrogens (tertiary/aromatic N) is 2. The lowest BCUT2D eigenvalue weighted by molar-refractivity contribution is -0.145. The van der Waals surface area contributed by atoms with Crippen LogP contribution in [0.4, 0.5) is 4.79 Å². The second-order valence-electron chi connectivity index (χ2n) is 4.55. The van der Waals surface area contributed by atoms with E-state index >= 15 is 0 Å². The number of imide groups is 2. The Morgan fingerprint density at radius 3 is 2.67 bits per heavy atom. The van der Waals surface area contributed by atoms with E-state index in [9.17, 15) is 14.4 Å².